The zero-order valence-corrected chi connectivity index (χ0v) is 14.0. The summed E-state index contributed by atoms with van der Waals surface area (Å²) < 4.78 is 13.6. The number of halogens is 1. The van der Waals surface area contributed by atoms with Gasteiger partial charge < -0.3 is 0 Å². The van der Waals surface area contributed by atoms with E-state index in [1.807, 2.05) is 6.20 Å². The van der Waals surface area contributed by atoms with Crippen LogP contribution in [-0.4, -0.2) is 4.98 Å². The number of benzene rings is 1. The predicted molar refractivity (Wildman–Crippen MR) is 93.9 cm³/mol. The Morgan fingerprint density at radius 1 is 1.26 bits per heavy atom. The largest absolute Gasteiger partial charge is 0.256 e. The minimum atomic E-state index is -0.180. The Morgan fingerprint density at radius 3 is 2.70 bits per heavy atom. The van der Waals surface area contributed by atoms with Gasteiger partial charge in [-0.25, -0.2) is 4.39 Å². The van der Waals surface area contributed by atoms with Crippen LogP contribution in [0.25, 0.3) is 10.9 Å². The molecular weight excluding hydrogens is 285 g/mol. The summed E-state index contributed by atoms with van der Waals surface area (Å²) in [5.41, 5.74) is 6.47. The van der Waals surface area contributed by atoms with Gasteiger partial charge in [-0.3, -0.25) is 4.98 Å². The average molecular weight is 309 g/mol. The monoisotopic (exact) mass is 309 g/mol. The molecule has 1 aromatic carbocycles. The second-order valence-corrected chi connectivity index (χ2v) is 6.82. The zero-order valence-electron chi connectivity index (χ0n) is 14.0. The first-order valence-electron chi connectivity index (χ1n) is 8.51. The molecule has 1 aliphatic rings. The van der Waals surface area contributed by atoms with Gasteiger partial charge in [-0.15, -0.1) is 5.73 Å². The van der Waals surface area contributed by atoms with Crippen LogP contribution in [0.4, 0.5) is 4.39 Å². The SMILES string of the molecule is C=C=C(C)C(C)C1CCC(c2ccnc3ccc(F)cc23)CC1. The molecule has 1 saturated carbocycles. The van der Waals surface area contributed by atoms with Crippen LogP contribution in [0.5, 0.6) is 0 Å². The predicted octanol–water partition coefficient (Wildman–Crippen LogP) is 6.02. The van der Waals surface area contributed by atoms with E-state index >= 15 is 0 Å². The van der Waals surface area contributed by atoms with Crippen molar-refractivity contribution in [3.8, 4) is 0 Å². The molecule has 0 aliphatic heterocycles. The average Bonchev–Trinajstić information content (AvgIpc) is 2.60. The summed E-state index contributed by atoms with van der Waals surface area (Å²) in [6.07, 6.45) is 6.60. The van der Waals surface area contributed by atoms with Crippen molar-refractivity contribution >= 4 is 10.9 Å². The highest BCUT2D eigenvalue weighted by Gasteiger charge is 2.27. The van der Waals surface area contributed by atoms with Crippen molar-refractivity contribution in [3.63, 3.8) is 0 Å². The molecule has 1 aromatic heterocycles. The maximum atomic E-state index is 13.6. The van der Waals surface area contributed by atoms with Crippen LogP contribution < -0.4 is 0 Å². The second kappa shape index (κ2) is 6.68. The van der Waals surface area contributed by atoms with E-state index in [9.17, 15) is 4.39 Å². The standard InChI is InChI=1S/C21H24FN/c1-4-14(2)15(3)16-5-7-17(8-6-16)19-11-12-23-21-10-9-18(22)13-20(19)21/h9-13,15-17H,1,5-8H2,2-3H3. The lowest BCUT2D eigenvalue weighted by molar-refractivity contribution is 0.269. The molecule has 23 heavy (non-hydrogen) atoms. The summed E-state index contributed by atoms with van der Waals surface area (Å²) in [5, 5.41) is 0.978. The third-order valence-corrected chi connectivity index (χ3v) is 5.62. The van der Waals surface area contributed by atoms with Crippen LogP contribution in [0, 0.1) is 17.7 Å². The molecule has 2 heteroatoms. The highest BCUT2D eigenvalue weighted by molar-refractivity contribution is 5.82. The van der Waals surface area contributed by atoms with Gasteiger partial charge in [0.1, 0.15) is 5.82 Å². The van der Waals surface area contributed by atoms with E-state index in [0.29, 0.717) is 17.8 Å². The van der Waals surface area contributed by atoms with Gasteiger partial charge in [0.2, 0.25) is 0 Å². The Hall–Kier alpha value is -1.92. The van der Waals surface area contributed by atoms with Crippen LogP contribution in [0.15, 0.2) is 48.3 Å². The molecule has 0 radical (unpaired) electrons. The van der Waals surface area contributed by atoms with E-state index in [0.717, 1.165) is 23.7 Å². The molecule has 1 aliphatic carbocycles. The minimum Gasteiger partial charge on any atom is -0.256 e. The molecule has 1 nitrogen and oxygen atoms in total. The maximum absolute atomic E-state index is 13.6. The van der Waals surface area contributed by atoms with E-state index < -0.39 is 0 Å². The number of fused-ring (bicyclic) bond motifs is 1. The van der Waals surface area contributed by atoms with Gasteiger partial charge in [0.25, 0.3) is 0 Å². The highest BCUT2D eigenvalue weighted by Crippen LogP contribution is 2.41. The maximum Gasteiger partial charge on any atom is 0.123 e. The molecule has 0 amide bonds. The Labute approximate surface area is 137 Å². The van der Waals surface area contributed by atoms with Crippen molar-refractivity contribution in [2.75, 3.05) is 0 Å². The first-order valence-corrected chi connectivity index (χ1v) is 8.51. The van der Waals surface area contributed by atoms with E-state index in [4.69, 9.17) is 0 Å². The molecule has 0 bridgehead atoms. The lowest BCUT2D eigenvalue weighted by Gasteiger charge is -2.33. The summed E-state index contributed by atoms with van der Waals surface area (Å²) in [7, 11) is 0. The van der Waals surface area contributed by atoms with Crippen LogP contribution in [0.1, 0.15) is 51.0 Å². The second-order valence-electron chi connectivity index (χ2n) is 6.82. The van der Waals surface area contributed by atoms with Gasteiger partial charge in [0, 0.05) is 11.6 Å². The summed E-state index contributed by atoms with van der Waals surface area (Å²) in [6, 6.07) is 6.98. The fraction of sp³-hybridized carbons (Fsp3) is 0.429. The molecule has 0 N–H and O–H groups in total. The first-order chi connectivity index (χ1) is 11.1. The van der Waals surface area contributed by atoms with E-state index in [1.54, 1.807) is 12.1 Å². The van der Waals surface area contributed by atoms with Gasteiger partial charge in [-0.05, 0) is 85.8 Å². The summed E-state index contributed by atoms with van der Waals surface area (Å²) in [6.45, 7) is 8.19. The highest BCUT2D eigenvalue weighted by atomic mass is 19.1. The number of allylic oxidation sites excluding steroid dienone is 1. The third-order valence-electron chi connectivity index (χ3n) is 5.62. The van der Waals surface area contributed by atoms with Crippen molar-refractivity contribution in [3.05, 3.63) is 59.7 Å². The number of hydrogen-bond acceptors (Lipinski definition) is 1. The van der Waals surface area contributed by atoms with E-state index in [2.05, 4.69) is 37.2 Å². The van der Waals surface area contributed by atoms with Crippen molar-refractivity contribution < 1.29 is 4.39 Å². The van der Waals surface area contributed by atoms with Crippen LogP contribution in [-0.2, 0) is 0 Å². The Balaban J connectivity index is 1.81. The Bertz CT molecular complexity index is 750. The minimum absolute atomic E-state index is 0.180. The fourth-order valence-electron chi connectivity index (χ4n) is 3.94. The molecule has 1 heterocycles. The van der Waals surface area contributed by atoms with Gasteiger partial charge in [-0.1, -0.05) is 13.5 Å². The summed E-state index contributed by atoms with van der Waals surface area (Å²) >= 11 is 0. The zero-order chi connectivity index (χ0) is 16.4. The van der Waals surface area contributed by atoms with Crippen LogP contribution in [0.3, 0.4) is 0 Å². The fourth-order valence-corrected chi connectivity index (χ4v) is 3.94. The molecule has 1 atom stereocenters. The van der Waals surface area contributed by atoms with Gasteiger partial charge in [-0.2, -0.15) is 0 Å². The quantitative estimate of drug-likeness (QED) is 0.632. The van der Waals surface area contributed by atoms with Crippen molar-refractivity contribution in [2.45, 2.75) is 45.4 Å². The summed E-state index contributed by atoms with van der Waals surface area (Å²) in [4.78, 5) is 4.37. The van der Waals surface area contributed by atoms with E-state index in [1.165, 1.54) is 30.0 Å². The van der Waals surface area contributed by atoms with E-state index in [-0.39, 0.29) is 5.82 Å². The molecule has 1 unspecified atom stereocenters. The normalized spacial score (nSPS) is 22.6. The Kier molecular flexibility index (Phi) is 4.63. The number of rotatable bonds is 3. The number of aromatic nitrogens is 1. The third kappa shape index (κ3) is 3.23. The van der Waals surface area contributed by atoms with Gasteiger partial charge >= 0.3 is 0 Å². The number of nitrogens with zero attached hydrogens (tertiary/aromatic N) is 1. The first kappa shape index (κ1) is 16.0. The lowest BCUT2D eigenvalue weighted by atomic mass is 9.72. The van der Waals surface area contributed by atoms with Gasteiger partial charge in [0.05, 0.1) is 5.52 Å². The van der Waals surface area contributed by atoms with Crippen molar-refractivity contribution in [2.24, 2.45) is 11.8 Å². The number of pyridine rings is 1. The number of hydrogen-bond donors (Lipinski definition) is 0. The molecule has 3 rings (SSSR count). The molecule has 1 fully saturated rings. The Morgan fingerprint density at radius 2 is 2.00 bits per heavy atom. The van der Waals surface area contributed by atoms with Crippen molar-refractivity contribution in [1.82, 2.24) is 4.98 Å². The molecular formula is C21H24FN. The van der Waals surface area contributed by atoms with Crippen LogP contribution >= 0.6 is 0 Å². The van der Waals surface area contributed by atoms with Crippen molar-refractivity contribution in [1.29, 1.82) is 0 Å². The molecule has 0 saturated heterocycles. The molecule has 120 valence electrons. The topological polar surface area (TPSA) is 12.9 Å². The molecule has 0 spiro atoms. The van der Waals surface area contributed by atoms with Gasteiger partial charge in [0.15, 0.2) is 0 Å². The summed E-state index contributed by atoms with van der Waals surface area (Å²) in [5.74, 6) is 1.60. The smallest absolute Gasteiger partial charge is 0.123 e. The lowest BCUT2D eigenvalue weighted by Crippen LogP contribution is -2.20. The molecule has 2 aromatic rings. The van der Waals surface area contributed by atoms with Crippen LogP contribution in [0.2, 0.25) is 0 Å².